The number of carbonyl (C=O) groups excluding carboxylic acids is 2. The molecular formula is C19H23Cl3N2O3. The average molecular weight is 434 g/mol. The van der Waals surface area contributed by atoms with Crippen molar-refractivity contribution in [2.45, 2.75) is 61.5 Å². The number of halogens is 3. The molecule has 0 radical (unpaired) electrons. The third-order valence-corrected chi connectivity index (χ3v) is 6.53. The van der Waals surface area contributed by atoms with Crippen LogP contribution in [0.25, 0.3) is 0 Å². The summed E-state index contributed by atoms with van der Waals surface area (Å²) in [5.41, 5.74) is -0.880. The molecule has 27 heavy (non-hydrogen) atoms. The number of likely N-dealkylation sites (tertiary alicyclic amines) is 1. The first-order chi connectivity index (χ1) is 12.3. The quantitative estimate of drug-likeness (QED) is 0.593. The molecule has 1 fully saturated rings. The Morgan fingerprint density at radius 2 is 1.85 bits per heavy atom. The van der Waals surface area contributed by atoms with Crippen LogP contribution in [-0.2, 0) is 9.53 Å². The maximum atomic E-state index is 13.2. The van der Waals surface area contributed by atoms with Crippen molar-refractivity contribution in [2.75, 3.05) is 11.4 Å². The highest BCUT2D eigenvalue weighted by molar-refractivity contribution is 6.60. The lowest BCUT2D eigenvalue weighted by Gasteiger charge is -2.42. The van der Waals surface area contributed by atoms with Crippen molar-refractivity contribution < 1.29 is 14.3 Å². The zero-order chi connectivity index (χ0) is 20.4. The van der Waals surface area contributed by atoms with E-state index in [0.29, 0.717) is 11.3 Å². The minimum atomic E-state index is -1.92. The van der Waals surface area contributed by atoms with Gasteiger partial charge in [-0.25, -0.2) is 4.79 Å². The van der Waals surface area contributed by atoms with Gasteiger partial charge in [-0.1, -0.05) is 41.4 Å². The van der Waals surface area contributed by atoms with Crippen molar-refractivity contribution in [1.29, 1.82) is 0 Å². The van der Waals surface area contributed by atoms with Crippen molar-refractivity contribution >= 4 is 52.5 Å². The Kier molecular flexibility index (Phi) is 4.90. The Morgan fingerprint density at radius 3 is 2.37 bits per heavy atom. The smallest absolute Gasteiger partial charge is 0.415 e. The van der Waals surface area contributed by atoms with Crippen LogP contribution in [0.15, 0.2) is 24.3 Å². The predicted molar refractivity (Wildman–Crippen MR) is 108 cm³/mol. The molecule has 1 aromatic carbocycles. The van der Waals surface area contributed by atoms with Gasteiger partial charge in [-0.05, 0) is 46.2 Å². The molecule has 148 valence electrons. The van der Waals surface area contributed by atoms with E-state index >= 15 is 0 Å². The first-order valence-corrected chi connectivity index (χ1v) is 9.99. The van der Waals surface area contributed by atoms with Gasteiger partial charge in [-0.3, -0.25) is 9.69 Å². The van der Waals surface area contributed by atoms with E-state index in [0.717, 1.165) is 0 Å². The number of alkyl halides is 3. The fraction of sp³-hybridized carbons (Fsp3) is 0.579. The number of nitrogens with zero attached hydrogens (tertiary/aromatic N) is 2. The number of hydrogen-bond donors (Lipinski definition) is 0. The van der Waals surface area contributed by atoms with E-state index in [2.05, 4.69) is 0 Å². The number of anilines is 1. The number of rotatable bonds is 1. The summed E-state index contributed by atoms with van der Waals surface area (Å²) >= 11 is 20.1. The van der Waals surface area contributed by atoms with Crippen LogP contribution in [0.5, 0.6) is 0 Å². The Morgan fingerprint density at radius 1 is 1.26 bits per heavy atom. The molecule has 0 saturated carbocycles. The van der Waals surface area contributed by atoms with E-state index in [9.17, 15) is 9.59 Å². The lowest BCUT2D eigenvalue weighted by atomic mass is 9.91. The first-order valence-electron chi connectivity index (χ1n) is 8.79. The van der Waals surface area contributed by atoms with Crippen LogP contribution >= 0.6 is 34.8 Å². The van der Waals surface area contributed by atoms with Gasteiger partial charge in [0.25, 0.3) is 5.91 Å². The molecule has 2 unspecified atom stereocenters. The highest BCUT2D eigenvalue weighted by Crippen LogP contribution is 2.61. The van der Waals surface area contributed by atoms with Crippen LogP contribution < -0.4 is 4.90 Å². The average Bonchev–Trinajstić information content (AvgIpc) is 2.91. The molecule has 0 bridgehead atoms. The van der Waals surface area contributed by atoms with E-state index in [-0.39, 0.29) is 12.6 Å². The van der Waals surface area contributed by atoms with Crippen molar-refractivity contribution in [3.05, 3.63) is 29.8 Å². The summed E-state index contributed by atoms with van der Waals surface area (Å²) in [6, 6.07) is 7.03. The molecule has 8 heteroatoms. The molecule has 2 aliphatic rings. The van der Waals surface area contributed by atoms with Crippen LogP contribution in [-0.4, -0.2) is 45.0 Å². The maximum Gasteiger partial charge on any atom is 0.415 e. The molecule has 5 nitrogen and oxygen atoms in total. The van der Waals surface area contributed by atoms with Gasteiger partial charge >= 0.3 is 6.09 Å². The third-order valence-electron chi connectivity index (χ3n) is 4.95. The monoisotopic (exact) mass is 432 g/mol. The number of carbonyl (C=O) groups is 2. The van der Waals surface area contributed by atoms with Gasteiger partial charge in [0.2, 0.25) is 4.33 Å². The number of ether oxygens (including phenoxy) is 1. The van der Waals surface area contributed by atoms with Crippen LogP contribution in [0.3, 0.4) is 0 Å². The number of para-hydroxylation sites is 1. The Hall–Kier alpha value is -1.17. The summed E-state index contributed by atoms with van der Waals surface area (Å²) < 4.78 is 3.70. The molecule has 1 saturated heterocycles. The summed E-state index contributed by atoms with van der Waals surface area (Å²) in [6.45, 7) is 9.15. The SMILES string of the molecule is CC(C)N1CC2(C(Cl)c3ccccc3N2C(=O)OC(C)(C)C)C(Cl)(Cl)C1=O. The molecule has 1 spiro atoms. The molecule has 2 amide bonds. The van der Waals surface area contributed by atoms with Crippen LogP contribution in [0.2, 0.25) is 0 Å². The molecule has 2 aliphatic heterocycles. The van der Waals surface area contributed by atoms with Crippen LogP contribution in [0, 0.1) is 0 Å². The number of benzene rings is 1. The largest absolute Gasteiger partial charge is 0.443 e. The molecule has 0 aliphatic carbocycles. The van der Waals surface area contributed by atoms with E-state index in [4.69, 9.17) is 39.5 Å². The predicted octanol–water partition coefficient (Wildman–Crippen LogP) is 4.88. The lowest BCUT2D eigenvalue weighted by molar-refractivity contribution is -0.129. The molecule has 0 aromatic heterocycles. The molecule has 1 aromatic rings. The summed E-state index contributed by atoms with van der Waals surface area (Å²) in [7, 11) is 0. The summed E-state index contributed by atoms with van der Waals surface area (Å²) in [5.74, 6) is -0.465. The van der Waals surface area contributed by atoms with Gasteiger partial charge in [0.05, 0.1) is 17.6 Å². The normalized spacial score (nSPS) is 26.9. The Labute approximate surface area is 174 Å². The number of fused-ring (bicyclic) bond motifs is 1. The fourth-order valence-corrected chi connectivity index (χ4v) is 5.07. The van der Waals surface area contributed by atoms with Gasteiger partial charge in [-0.2, -0.15) is 0 Å². The minimum absolute atomic E-state index is 0.110. The summed E-state index contributed by atoms with van der Waals surface area (Å²) in [4.78, 5) is 29.1. The van der Waals surface area contributed by atoms with E-state index in [1.807, 2.05) is 26.0 Å². The molecular weight excluding hydrogens is 411 g/mol. The van der Waals surface area contributed by atoms with Crippen LogP contribution in [0.1, 0.15) is 45.6 Å². The second-order valence-corrected chi connectivity index (χ2v) is 10.0. The molecule has 2 heterocycles. The zero-order valence-corrected chi connectivity index (χ0v) is 18.2. The number of amides is 2. The summed E-state index contributed by atoms with van der Waals surface area (Å²) in [6.07, 6.45) is -0.637. The fourth-order valence-electron chi connectivity index (χ4n) is 3.72. The van der Waals surface area contributed by atoms with Crippen molar-refractivity contribution in [1.82, 2.24) is 4.90 Å². The van der Waals surface area contributed by atoms with E-state index < -0.39 is 32.9 Å². The lowest BCUT2D eigenvalue weighted by Crippen LogP contribution is -2.62. The standard InChI is InChI=1S/C19H23Cl3N2O3/c1-11(2)23-10-18(19(21,22)15(23)25)14(20)12-8-6-7-9-13(12)24(18)16(26)27-17(3,4)5/h6-9,11,14H,10H2,1-5H3. The van der Waals surface area contributed by atoms with Crippen molar-refractivity contribution in [2.24, 2.45) is 0 Å². The van der Waals surface area contributed by atoms with Gasteiger partial charge < -0.3 is 9.64 Å². The van der Waals surface area contributed by atoms with E-state index in [1.165, 1.54) is 4.90 Å². The minimum Gasteiger partial charge on any atom is -0.443 e. The van der Waals surface area contributed by atoms with Crippen LogP contribution in [0.4, 0.5) is 10.5 Å². The maximum absolute atomic E-state index is 13.2. The second kappa shape index (κ2) is 6.43. The zero-order valence-electron chi connectivity index (χ0n) is 15.9. The van der Waals surface area contributed by atoms with Gasteiger partial charge in [-0.15, -0.1) is 11.6 Å². The van der Waals surface area contributed by atoms with E-state index in [1.54, 1.807) is 37.8 Å². The molecule has 2 atom stereocenters. The third kappa shape index (κ3) is 2.90. The Balaban J connectivity index is 2.21. The Bertz CT molecular complexity index is 791. The van der Waals surface area contributed by atoms with Crippen molar-refractivity contribution in [3.8, 4) is 0 Å². The highest BCUT2D eigenvalue weighted by Gasteiger charge is 2.73. The van der Waals surface area contributed by atoms with Gasteiger partial charge in [0.1, 0.15) is 11.1 Å². The highest BCUT2D eigenvalue weighted by atomic mass is 35.5. The topological polar surface area (TPSA) is 49.9 Å². The second-order valence-electron chi connectivity index (χ2n) is 8.26. The molecule has 3 rings (SSSR count). The van der Waals surface area contributed by atoms with Gasteiger partial charge in [0, 0.05) is 6.04 Å². The van der Waals surface area contributed by atoms with Crippen molar-refractivity contribution in [3.63, 3.8) is 0 Å². The number of hydrogen-bond acceptors (Lipinski definition) is 3. The first kappa shape index (κ1) is 20.6. The molecule has 0 N–H and O–H groups in total. The summed E-state index contributed by atoms with van der Waals surface area (Å²) in [5, 5.41) is -0.774. The van der Waals surface area contributed by atoms with Gasteiger partial charge in [0.15, 0.2) is 0 Å².